The van der Waals surface area contributed by atoms with E-state index < -0.39 is 6.29 Å². The summed E-state index contributed by atoms with van der Waals surface area (Å²) < 4.78 is 15.1. The highest BCUT2D eigenvalue weighted by molar-refractivity contribution is 4.81. The van der Waals surface area contributed by atoms with Crippen LogP contribution in [0.25, 0.3) is 0 Å². The van der Waals surface area contributed by atoms with Crippen LogP contribution < -0.4 is 5.32 Å². The van der Waals surface area contributed by atoms with Crippen molar-refractivity contribution in [1.82, 2.24) is 5.32 Å². The molecule has 0 aliphatic carbocycles. The van der Waals surface area contributed by atoms with Crippen molar-refractivity contribution in [1.29, 1.82) is 0 Å². The fourth-order valence-electron chi connectivity index (χ4n) is 1.29. The number of hydrogen-bond donors (Lipinski definition) is 2. The Balaban J connectivity index is 2.19. The molecule has 1 aliphatic rings. The standard InChI is InChI=1S/C8H17NO4/c1-11-7-5-13-4-6(7)9-3-8(10)12-2/h6-10H,3-5H2,1-2H3/t6-,7-,8?/m0/s1. The number of ether oxygens (including phenoxy) is 3. The van der Waals surface area contributed by atoms with Crippen LogP contribution in [0.5, 0.6) is 0 Å². The highest BCUT2D eigenvalue weighted by Crippen LogP contribution is 2.08. The van der Waals surface area contributed by atoms with Crippen molar-refractivity contribution >= 4 is 0 Å². The number of aliphatic hydroxyl groups excluding tert-OH is 1. The molecule has 0 aromatic carbocycles. The van der Waals surface area contributed by atoms with Crippen molar-refractivity contribution < 1.29 is 19.3 Å². The van der Waals surface area contributed by atoms with Crippen molar-refractivity contribution in [3.8, 4) is 0 Å². The molecule has 2 N–H and O–H groups in total. The Hall–Kier alpha value is -0.200. The SMILES string of the molecule is COC(O)CN[C@H]1COC[C@@H]1OC. The van der Waals surface area contributed by atoms with E-state index in [1.165, 1.54) is 7.11 Å². The van der Waals surface area contributed by atoms with Crippen LogP contribution in [0.3, 0.4) is 0 Å². The van der Waals surface area contributed by atoms with Crippen LogP contribution in [-0.4, -0.2) is 57.5 Å². The average Bonchev–Trinajstić information content (AvgIpc) is 2.61. The van der Waals surface area contributed by atoms with Gasteiger partial charge in [0.1, 0.15) is 0 Å². The second kappa shape index (κ2) is 5.51. The topological polar surface area (TPSA) is 60.0 Å². The number of methoxy groups -OCH3 is 2. The lowest BCUT2D eigenvalue weighted by Crippen LogP contribution is -2.43. The average molecular weight is 191 g/mol. The molecule has 5 heteroatoms. The molecule has 0 bridgehead atoms. The Morgan fingerprint density at radius 1 is 1.54 bits per heavy atom. The summed E-state index contributed by atoms with van der Waals surface area (Å²) >= 11 is 0. The summed E-state index contributed by atoms with van der Waals surface area (Å²) in [5, 5.41) is 12.2. The molecule has 0 saturated carbocycles. The van der Waals surface area contributed by atoms with Gasteiger partial charge in [0, 0.05) is 20.8 Å². The van der Waals surface area contributed by atoms with Gasteiger partial charge in [-0.25, -0.2) is 0 Å². The third kappa shape index (κ3) is 3.21. The van der Waals surface area contributed by atoms with Gasteiger partial charge in [0.05, 0.1) is 25.4 Å². The molecule has 1 heterocycles. The Kier molecular flexibility index (Phi) is 4.61. The molecule has 78 valence electrons. The van der Waals surface area contributed by atoms with E-state index in [-0.39, 0.29) is 12.1 Å². The second-order valence-electron chi connectivity index (χ2n) is 3.02. The fraction of sp³-hybridized carbons (Fsp3) is 1.00. The molecule has 0 spiro atoms. The Labute approximate surface area is 78.0 Å². The summed E-state index contributed by atoms with van der Waals surface area (Å²) in [6.07, 6.45) is -0.692. The van der Waals surface area contributed by atoms with Crippen molar-refractivity contribution in [3.63, 3.8) is 0 Å². The van der Waals surface area contributed by atoms with Gasteiger partial charge in [-0.15, -0.1) is 0 Å². The first-order chi connectivity index (χ1) is 6.27. The van der Waals surface area contributed by atoms with Crippen molar-refractivity contribution in [3.05, 3.63) is 0 Å². The third-order valence-electron chi connectivity index (χ3n) is 2.16. The van der Waals surface area contributed by atoms with Gasteiger partial charge in [0.25, 0.3) is 0 Å². The van der Waals surface area contributed by atoms with Crippen molar-refractivity contribution in [2.24, 2.45) is 0 Å². The van der Waals surface area contributed by atoms with E-state index in [1.54, 1.807) is 7.11 Å². The molecule has 0 aromatic heterocycles. The first-order valence-electron chi connectivity index (χ1n) is 4.32. The summed E-state index contributed by atoms with van der Waals surface area (Å²) in [6.45, 7) is 1.62. The summed E-state index contributed by atoms with van der Waals surface area (Å²) in [5.41, 5.74) is 0. The molecule has 0 aromatic rings. The van der Waals surface area contributed by atoms with E-state index >= 15 is 0 Å². The Morgan fingerprint density at radius 2 is 2.31 bits per heavy atom. The van der Waals surface area contributed by atoms with Gasteiger partial charge in [-0.2, -0.15) is 0 Å². The van der Waals surface area contributed by atoms with E-state index in [4.69, 9.17) is 19.3 Å². The molecule has 5 nitrogen and oxygen atoms in total. The molecule has 1 unspecified atom stereocenters. The van der Waals surface area contributed by atoms with Crippen LogP contribution >= 0.6 is 0 Å². The predicted octanol–water partition coefficient (Wildman–Crippen LogP) is -1.05. The quantitative estimate of drug-likeness (QED) is 0.543. The molecule has 0 amide bonds. The van der Waals surface area contributed by atoms with Gasteiger partial charge in [-0.1, -0.05) is 0 Å². The molecule has 1 rings (SSSR count). The maximum absolute atomic E-state index is 9.11. The normalized spacial score (nSPS) is 30.7. The zero-order valence-corrected chi connectivity index (χ0v) is 8.03. The van der Waals surface area contributed by atoms with E-state index in [1.807, 2.05) is 0 Å². The van der Waals surface area contributed by atoms with Gasteiger partial charge >= 0.3 is 0 Å². The summed E-state index contributed by atoms with van der Waals surface area (Å²) in [5.74, 6) is 0. The van der Waals surface area contributed by atoms with Crippen molar-refractivity contribution in [2.75, 3.05) is 34.0 Å². The lowest BCUT2D eigenvalue weighted by molar-refractivity contribution is -0.0736. The highest BCUT2D eigenvalue weighted by atomic mass is 16.6. The summed E-state index contributed by atoms with van der Waals surface area (Å²) in [6, 6.07) is 0.148. The largest absolute Gasteiger partial charge is 0.377 e. The smallest absolute Gasteiger partial charge is 0.166 e. The van der Waals surface area contributed by atoms with Crippen LogP contribution in [0.2, 0.25) is 0 Å². The Morgan fingerprint density at radius 3 is 2.92 bits per heavy atom. The van der Waals surface area contributed by atoms with E-state index in [2.05, 4.69) is 5.32 Å². The molecule has 0 radical (unpaired) electrons. The predicted molar refractivity (Wildman–Crippen MR) is 46.4 cm³/mol. The minimum atomic E-state index is -0.766. The van der Waals surface area contributed by atoms with Gasteiger partial charge in [0.15, 0.2) is 6.29 Å². The highest BCUT2D eigenvalue weighted by Gasteiger charge is 2.27. The maximum Gasteiger partial charge on any atom is 0.166 e. The molecule has 1 fully saturated rings. The van der Waals surface area contributed by atoms with Crippen LogP contribution in [0.4, 0.5) is 0 Å². The van der Waals surface area contributed by atoms with Gasteiger partial charge < -0.3 is 24.6 Å². The number of nitrogens with one attached hydrogen (secondary N) is 1. The first-order valence-corrected chi connectivity index (χ1v) is 4.32. The van der Waals surface area contributed by atoms with E-state index in [0.29, 0.717) is 19.8 Å². The zero-order valence-electron chi connectivity index (χ0n) is 8.03. The molecule has 1 aliphatic heterocycles. The Bertz CT molecular complexity index is 144. The molecule has 13 heavy (non-hydrogen) atoms. The minimum absolute atomic E-state index is 0.0732. The minimum Gasteiger partial charge on any atom is -0.377 e. The second-order valence-corrected chi connectivity index (χ2v) is 3.02. The summed E-state index contributed by atoms with van der Waals surface area (Å²) in [4.78, 5) is 0. The first kappa shape index (κ1) is 10.9. The van der Waals surface area contributed by atoms with Crippen LogP contribution in [-0.2, 0) is 14.2 Å². The molecular formula is C8H17NO4. The number of aliphatic hydroxyl groups is 1. The van der Waals surface area contributed by atoms with Gasteiger partial charge in [-0.3, -0.25) is 0 Å². The van der Waals surface area contributed by atoms with Gasteiger partial charge in [0.2, 0.25) is 0 Å². The van der Waals surface area contributed by atoms with Crippen LogP contribution in [0.1, 0.15) is 0 Å². The molecular weight excluding hydrogens is 174 g/mol. The number of hydrogen-bond acceptors (Lipinski definition) is 5. The zero-order chi connectivity index (χ0) is 9.68. The van der Waals surface area contributed by atoms with Crippen molar-refractivity contribution in [2.45, 2.75) is 18.4 Å². The lowest BCUT2D eigenvalue weighted by atomic mass is 10.2. The van der Waals surface area contributed by atoms with Crippen LogP contribution in [0.15, 0.2) is 0 Å². The monoisotopic (exact) mass is 191 g/mol. The maximum atomic E-state index is 9.11. The third-order valence-corrected chi connectivity index (χ3v) is 2.16. The van der Waals surface area contributed by atoms with E-state index in [0.717, 1.165) is 0 Å². The number of rotatable bonds is 5. The van der Waals surface area contributed by atoms with Crippen LogP contribution in [0, 0.1) is 0 Å². The fourth-order valence-corrected chi connectivity index (χ4v) is 1.29. The lowest BCUT2D eigenvalue weighted by Gasteiger charge is -2.19. The molecule has 3 atom stereocenters. The van der Waals surface area contributed by atoms with E-state index in [9.17, 15) is 0 Å². The molecule has 1 saturated heterocycles. The summed E-state index contributed by atoms with van der Waals surface area (Å²) in [7, 11) is 3.12. The van der Waals surface area contributed by atoms with Gasteiger partial charge in [-0.05, 0) is 0 Å².